The minimum Gasteiger partial charge on any atom is -0.171 e. The molecule has 3 heteroatoms. The Bertz CT molecular complexity index is 135. The van der Waals surface area contributed by atoms with Crippen molar-refractivity contribution in [1.82, 2.24) is 0 Å². The molecule has 0 aliphatic carbocycles. The van der Waals surface area contributed by atoms with E-state index < -0.39 is 12.1 Å². The van der Waals surface area contributed by atoms with Gasteiger partial charge in [-0.3, -0.25) is 0 Å². The van der Waals surface area contributed by atoms with Gasteiger partial charge in [-0.15, -0.1) is 0 Å². The van der Waals surface area contributed by atoms with Crippen LogP contribution in [0.5, 0.6) is 0 Å². The zero-order valence-electron chi connectivity index (χ0n) is 9.00. The van der Waals surface area contributed by atoms with Crippen LogP contribution >= 0.6 is 0 Å². The molecule has 13 heavy (non-hydrogen) atoms. The van der Waals surface area contributed by atoms with Crippen molar-refractivity contribution in [2.75, 3.05) is 0 Å². The molecule has 0 aliphatic rings. The second-order valence-corrected chi connectivity index (χ2v) is 4.95. The van der Waals surface area contributed by atoms with E-state index in [0.29, 0.717) is 0 Å². The maximum absolute atomic E-state index is 12.2. The molecule has 0 aromatic rings. The largest absolute Gasteiger partial charge is 0.391 e. The second-order valence-electron chi connectivity index (χ2n) is 4.95. The van der Waals surface area contributed by atoms with Crippen LogP contribution < -0.4 is 0 Å². The molecule has 0 nitrogen and oxygen atoms in total. The van der Waals surface area contributed by atoms with Crippen molar-refractivity contribution in [2.24, 2.45) is 17.3 Å². The smallest absolute Gasteiger partial charge is 0.171 e. The molecule has 0 radical (unpaired) electrons. The van der Waals surface area contributed by atoms with Crippen LogP contribution in [-0.2, 0) is 0 Å². The Morgan fingerprint density at radius 2 is 1.31 bits per heavy atom. The molecule has 0 aromatic carbocycles. The summed E-state index contributed by atoms with van der Waals surface area (Å²) in [6.45, 7) is 9.05. The lowest BCUT2D eigenvalue weighted by atomic mass is 9.77. The van der Waals surface area contributed by atoms with E-state index in [1.54, 1.807) is 0 Å². The van der Waals surface area contributed by atoms with E-state index in [2.05, 4.69) is 0 Å². The van der Waals surface area contributed by atoms with Crippen molar-refractivity contribution in [3.05, 3.63) is 0 Å². The van der Waals surface area contributed by atoms with Crippen molar-refractivity contribution in [1.29, 1.82) is 0 Å². The van der Waals surface area contributed by atoms with Crippen LogP contribution in [0, 0.1) is 17.3 Å². The number of hydrogen-bond donors (Lipinski definition) is 0. The lowest BCUT2D eigenvalue weighted by Gasteiger charge is -2.30. The Morgan fingerprint density at radius 3 is 1.54 bits per heavy atom. The highest BCUT2D eigenvalue weighted by Gasteiger charge is 2.38. The average Bonchev–Trinajstić information content (AvgIpc) is 1.82. The van der Waals surface area contributed by atoms with Crippen LogP contribution in [-0.4, -0.2) is 6.18 Å². The molecule has 2 atom stereocenters. The molecule has 0 amide bonds. The fourth-order valence-electron chi connectivity index (χ4n) is 1.02. The zero-order chi connectivity index (χ0) is 10.9. The first kappa shape index (κ1) is 12.8. The van der Waals surface area contributed by atoms with Gasteiger partial charge in [0, 0.05) is 0 Å². The Balaban J connectivity index is 4.15. The highest BCUT2D eigenvalue weighted by atomic mass is 19.4. The summed E-state index contributed by atoms with van der Waals surface area (Å²) in [5.74, 6) is -1.11. The zero-order valence-corrected chi connectivity index (χ0v) is 9.00. The molecule has 0 heterocycles. The van der Waals surface area contributed by atoms with Gasteiger partial charge in [0.1, 0.15) is 0 Å². The summed E-state index contributed by atoms with van der Waals surface area (Å²) in [4.78, 5) is 0. The van der Waals surface area contributed by atoms with Crippen LogP contribution in [0.15, 0.2) is 0 Å². The van der Waals surface area contributed by atoms with E-state index in [9.17, 15) is 13.2 Å². The van der Waals surface area contributed by atoms with Crippen LogP contribution in [0.3, 0.4) is 0 Å². The molecular formula is C10H19F3. The van der Waals surface area contributed by atoms with Gasteiger partial charge in [-0.1, -0.05) is 34.6 Å². The lowest BCUT2D eigenvalue weighted by molar-refractivity contribution is -0.175. The first-order valence-electron chi connectivity index (χ1n) is 4.62. The summed E-state index contributed by atoms with van der Waals surface area (Å²) in [6.07, 6.45) is -3.83. The standard InChI is InChI=1S/C10H19F3/c1-7(9(3,4)5)6-8(2)10(11,12)13/h7-8H,6H2,1-5H3. The monoisotopic (exact) mass is 196 g/mol. The van der Waals surface area contributed by atoms with Gasteiger partial charge >= 0.3 is 6.18 Å². The van der Waals surface area contributed by atoms with Gasteiger partial charge in [0.25, 0.3) is 0 Å². The third-order valence-electron chi connectivity index (χ3n) is 2.74. The van der Waals surface area contributed by atoms with Crippen molar-refractivity contribution in [3.8, 4) is 0 Å². The third kappa shape index (κ3) is 4.53. The summed E-state index contributed by atoms with van der Waals surface area (Å²) in [6, 6.07) is 0. The number of alkyl halides is 3. The van der Waals surface area contributed by atoms with E-state index in [-0.39, 0.29) is 17.8 Å². The first-order chi connectivity index (χ1) is 5.55. The topological polar surface area (TPSA) is 0 Å². The molecule has 0 rings (SSSR count). The van der Waals surface area contributed by atoms with Crippen LogP contribution in [0.4, 0.5) is 13.2 Å². The van der Waals surface area contributed by atoms with Crippen LogP contribution in [0.25, 0.3) is 0 Å². The number of hydrogen-bond acceptors (Lipinski definition) is 0. The molecule has 2 unspecified atom stereocenters. The normalized spacial score (nSPS) is 18.5. The van der Waals surface area contributed by atoms with Crippen molar-refractivity contribution >= 4 is 0 Å². The predicted octanol–water partition coefficient (Wildman–Crippen LogP) is 4.26. The van der Waals surface area contributed by atoms with Crippen LogP contribution in [0.2, 0.25) is 0 Å². The van der Waals surface area contributed by atoms with Crippen molar-refractivity contribution in [2.45, 2.75) is 47.2 Å². The fourth-order valence-corrected chi connectivity index (χ4v) is 1.02. The number of rotatable bonds is 2. The van der Waals surface area contributed by atoms with Gasteiger partial charge < -0.3 is 0 Å². The van der Waals surface area contributed by atoms with E-state index in [1.807, 2.05) is 27.7 Å². The van der Waals surface area contributed by atoms with Crippen molar-refractivity contribution < 1.29 is 13.2 Å². The average molecular weight is 196 g/mol. The Labute approximate surface area is 78.5 Å². The van der Waals surface area contributed by atoms with E-state index in [4.69, 9.17) is 0 Å². The quantitative estimate of drug-likeness (QED) is 0.619. The maximum Gasteiger partial charge on any atom is 0.391 e. The highest BCUT2D eigenvalue weighted by Crippen LogP contribution is 2.36. The molecule has 80 valence electrons. The van der Waals surface area contributed by atoms with E-state index >= 15 is 0 Å². The SMILES string of the molecule is CC(CC(C)C(F)(F)F)C(C)(C)C. The summed E-state index contributed by atoms with van der Waals surface area (Å²) in [5.41, 5.74) is -0.0422. The molecule has 0 spiro atoms. The number of halogens is 3. The van der Waals surface area contributed by atoms with Gasteiger partial charge in [0.15, 0.2) is 0 Å². The molecule has 0 aromatic heterocycles. The second kappa shape index (κ2) is 3.89. The summed E-state index contributed by atoms with van der Waals surface area (Å²) in [5, 5.41) is 0. The highest BCUT2D eigenvalue weighted by molar-refractivity contribution is 4.74. The summed E-state index contributed by atoms with van der Waals surface area (Å²) >= 11 is 0. The van der Waals surface area contributed by atoms with E-state index in [0.717, 1.165) is 0 Å². The van der Waals surface area contributed by atoms with Crippen LogP contribution in [0.1, 0.15) is 41.0 Å². The Morgan fingerprint density at radius 1 is 0.923 bits per heavy atom. The molecule has 0 bridgehead atoms. The van der Waals surface area contributed by atoms with Gasteiger partial charge in [0.05, 0.1) is 5.92 Å². The first-order valence-corrected chi connectivity index (χ1v) is 4.62. The molecule has 0 N–H and O–H groups in total. The maximum atomic E-state index is 12.2. The molecule has 0 saturated carbocycles. The minimum absolute atomic E-state index is 0.0422. The molecule has 0 saturated heterocycles. The third-order valence-corrected chi connectivity index (χ3v) is 2.74. The van der Waals surface area contributed by atoms with Crippen molar-refractivity contribution in [3.63, 3.8) is 0 Å². The molecular weight excluding hydrogens is 177 g/mol. The summed E-state index contributed by atoms with van der Waals surface area (Å²) in [7, 11) is 0. The van der Waals surface area contributed by atoms with Gasteiger partial charge in [-0.05, 0) is 17.8 Å². The Hall–Kier alpha value is -0.210. The molecule has 0 fully saturated rings. The van der Waals surface area contributed by atoms with E-state index in [1.165, 1.54) is 6.92 Å². The lowest BCUT2D eigenvalue weighted by Crippen LogP contribution is -2.26. The Kier molecular flexibility index (Phi) is 3.82. The predicted molar refractivity (Wildman–Crippen MR) is 48.5 cm³/mol. The molecule has 0 aliphatic heterocycles. The van der Waals surface area contributed by atoms with Gasteiger partial charge in [-0.25, -0.2) is 0 Å². The summed E-state index contributed by atoms with van der Waals surface area (Å²) < 4.78 is 36.6. The van der Waals surface area contributed by atoms with Gasteiger partial charge in [0.2, 0.25) is 0 Å². The van der Waals surface area contributed by atoms with Gasteiger partial charge in [-0.2, -0.15) is 13.2 Å². The fraction of sp³-hybridized carbons (Fsp3) is 1.00. The minimum atomic E-state index is -4.04.